The monoisotopic (exact) mass is 363 g/mol. The number of aromatic nitrogens is 1. The Balaban J connectivity index is 1.94. The number of hydrogen-bond donors (Lipinski definition) is 1. The molecule has 1 heterocycles. The molecule has 0 aliphatic rings. The van der Waals surface area contributed by atoms with Gasteiger partial charge < -0.3 is 14.8 Å². The van der Waals surface area contributed by atoms with Crippen molar-refractivity contribution in [1.29, 1.82) is 0 Å². The second kappa shape index (κ2) is 7.27. The highest BCUT2D eigenvalue weighted by atomic mass is 16.2. The molecule has 0 bridgehead atoms. The number of hydrogen-bond acceptors (Lipinski definition) is 2. The van der Waals surface area contributed by atoms with Gasteiger partial charge in [0.1, 0.15) is 12.1 Å². The summed E-state index contributed by atoms with van der Waals surface area (Å²) >= 11 is 0. The topological polar surface area (TPSA) is 54.3 Å². The highest BCUT2D eigenvalue weighted by Gasteiger charge is 2.31. The van der Waals surface area contributed by atoms with Crippen LogP contribution < -0.4 is 5.32 Å². The summed E-state index contributed by atoms with van der Waals surface area (Å²) in [5.74, 6) is -0.342. The summed E-state index contributed by atoms with van der Waals surface area (Å²) in [6.07, 6.45) is 0. The van der Waals surface area contributed by atoms with Crippen LogP contribution in [0.25, 0.3) is 22.2 Å². The molecule has 0 unspecified atom stereocenters. The summed E-state index contributed by atoms with van der Waals surface area (Å²) in [6, 6.07) is 20.1. The quantitative estimate of drug-likeness (QED) is 0.756. The number of fused-ring (bicyclic) bond motifs is 1. The van der Waals surface area contributed by atoms with Crippen LogP contribution in [-0.4, -0.2) is 40.9 Å². The lowest BCUT2D eigenvalue weighted by atomic mass is 10.0. The Morgan fingerprint density at radius 1 is 1.00 bits per heavy atom. The van der Waals surface area contributed by atoms with Gasteiger partial charge in [-0.1, -0.05) is 48.5 Å². The molecule has 0 saturated carbocycles. The Bertz CT molecular complexity index is 972. The van der Waals surface area contributed by atoms with E-state index in [1.807, 2.05) is 59.2 Å². The van der Waals surface area contributed by atoms with Gasteiger partial charge in [0.05, 0.1) is 0 Å². The number of nitrogens with one attached hydrogen (secondary N) is 1. The number of benzene rings is 2. The first-order valence-electron chi connectivity index (χ1n) is 8.96. The van der Waals surface area contributed by atoms with E-state index < -0.39 is 5.54 Å². The van der Waals surface area contributed by atoms with E-state index in [4.69, 9.17) is 0 Å². The van der Waals surface area contributed by atoms with Crippen LogP contribution in [0.2, 0.25) is 0 Å². The predicted molar refractivity (Wildman–Crippen MR) is 108 cm³/mol. The van der Waals surface area contributed by atoms with Crippen molar-refractivity contribution in [1.82, 2.24) is 14.8 Å². The maximum Gasteiger partial charge on any atom is 0.247 e. The molecule has 0 fully saturated rings. The largest absolute Gasteiger partial charge is 0.347 e. The lowest BCUT2D eigenvalue weighted by Gasteiger charge is -2.28. The Kier molecular flexibility index (Phi) is 5.04. The van der Waals surface area contributed by atoms with Crippen molar-refractivity contribution < 1.29 is 9.59 Å². The lowest BCUT2D eigenvalue weighted by molar-refractivity contribution is -0.138. The van der Waals surface area contributed by atoms with Gasteiger partial charge in [0, 0.05) is 30.7 Å². The second-order valence-electron chi connectivity index (χ2n) is 7.41. The number of amides is 2. The molecule has 1 aromatic heterocycles. The molecular formula is C22H25N3O2. The zero-order valence-electron chi connectivity index (χ0n) is 16.2. The molecular weight excluding hydrogens is 338 g/mol. The fraction of sp³-hybridized carbons (Fsp3) is 0.273. The smallest absolute Gasteiger partial charge is 0.247 e. The zero-order valence-corrected chi connectivity index (χ0v) is 16.2. The van der Waals surface area contributed by atoms with Crippen LogP contribution >= 0.6 is 0 Å². The van der Waals surface area contributed by atoms with Gasteiger partial charge in [-0.25, -0.2) is 0 Å². The van der Waals surface area contributed by atoms with Crippen LogP contribution in [-0.2, 0) is 16.1 Å². The molecule has 1 N–H and O–H groups in total. The van der Waals surface area contributed by atoms with Crippen LogP contribution in [0.1, 0.15) is 13.8 Å². The first-order chi connectivity index (χ1) is 12.8. The molecule has 5 nitrogen and oxygen atoms in total. The van der Waals surface area contributed by atoms with Gasteiger partial charge in [-0.2, -0.15) is 0 Å². The third-order valence-corrected chi connectivity index (χ3v) is 4.57. The van der Waals surface area contributed by atoms with Crippen molar-refractivity contribution in [3.05, 3.63) is 60.7 Å². The highest BCUT2D eigenvalue weighted by Crippen LogP contribution is 2.28. The molecule has 2 aromatic carbocycles. The van der Waals surface area contributed by atoms with Crippen molar-refractivity contribution in [2.24, 2.45) is 0 Å². The molecule has 0 aliphatic heterocycles. The van der Waals surface area contributed by atoms with Crippen LogP contribution in [0.5, 0.6) is 0 Å². The third kappa shape index (κ3) is 3.87. The fourth-order valence-corrected chi connectivity index (χ4v) is 3.37. The molecule has 0 spiro atoms. The standard InChI is InChI=1S/C22H25N3O2/c1-22(2,21(27)24(3)4)23-20(26)15-25-18-13-9-8-12-17(18)14-19(25)16-10-6-5-7-11-16/h5-14H,15H2,1-4H3,(H,23,26). The normalized spacial score (nSPS) is 11.4. The summed E-state index contributed by atoms with van der Waals surface area (Å²) in [5, 5.41) is 3.94. The summed E-state index contributed by atoms with van der Waals surface area (Å²) in [5.41, 5.74) is 2.05. The van der Waals surface area contributed by atoms with Crippen molar-refractivity contribution >= 4 is 22.7 Å². The molecule has 0 saturated heterocycles. The van der Waals surface area contributed by atoms with E-state index in [-0.39, 0.29) is 18.4 Å². The maximum atomic E-state index is 12.8. The minimum atomic E-state index is -0.962. The van der Waals surface area contributed by atoms with Crippen molar-refractivity contribution in [3.8, 4) is 11.3 Å². The first-order valence-corrected chi connectivity index (χ1v) is 8.96. The molecule has 3 rings (SSSR count). The summed E-state index contributed by atoms with van der Waals surface area (Å²) in [7, 11) is 3.37. The van der Waals surface area contributed by atoms with Crippen molar-refractivity contribution in [3.63, 3.8) is 0 Å². The van der Waals surface area contributed by atoms with Crippen LogP contribution in [0.15, 0.2) is 60.7 Å². The van der Waals surface area contributed by atoms with Crippen LogP contribution in [0.3, 0.4) is 0 Å². The van der Waals surface area contributed by atoms with Crippen LogP contribution in [0, 0.1) is 0 Å². The van der Waals surface area contributed by atoms with E-state index in [9.17, 15) is 9.59 Å². The molecule has 0 radical (unpaired) electrons. The van der Waals surface area contributed by atoms with Gasteiger partial charge in [-0.05, 0) is 31.5 Å². The van der Waals surface area contributed by atoms with Crippen molar-refractivity contribution in [2.45, 2.75) is 25.9 Å². The average Bonchev–Trinajstić information content (AvgIpc) is 2.99. The van der Waals surface area contributed by atoms with Gasteiger partial charge in [-0.15, -0.1) is 0 Å². The van der Waals surface area contributed by atoms with Crippen molar-refractivity contribution in [2.75, 3.05) is 14.1 Å². The maximum absolute atomic E-state index is 12.8. The van der Waals surface area contributed by atoms with E-state index in [1.165, 1.54) is 4.90 Å². The minimum absolute atomic E-state index is 0.141. The SMILES string of the molecule is CN(C)C(=O)C(C)(C)NC(=O)Cn1c(-c2ccccc2)cc2ccccc21. The molecule has 5 heteroatoms. The van der Waals surface area contributed by atoms with Gasteiger partial charge >= 0.3 is 0 Å². The minimum Gasteiger partial charge on any atom is -0.347 e. The van der Waals surface area contributed by atoms with Gasteiger partial charge in [0.25, 0.3) is 0 Å². The molecule has 2 amide bonds. The fourth-order valence-electron chi connectivity index (χ4n) is 3.37. The Hall–Kier alpha value is -3.08. The number of carbonyl (C=O) groups excluding carboxylic acids is 2. The number of para-hydroxylation sites is 1. The summed E-state index contributed by atoms with van der Waals surface area (Å²) < 4.78 is 2.00. The van der Waals surface area contributed by atoms with E-state index in [2.05, 4.69) is 11.4 Å². The summed E-state index contributed by atoms with van der Waals surface area (Å²) in [6.45, 7) is 3.58. The van der Waals surface area contributed by atoms with E-state index in [1.54, 1.807) is 27.9 Å². The van der Waals surface area contributed by atoms with Crippen LogP contribution in [0.4, 0.5) is 0 Å². The van der Waals surface area contributed by atoms with E-state index in [0.29, 0.717) is 0 Å². The Morgan fingerprint density at radius 2 is 1.63 bits per heavy atom. The highest BCUT2D eigenvalue weighted by molar-refractivity contribution is 5.92. The first kappa shape index (κ1) is 18.7. The molecule has 3 aromatic rings. The zero-order chi connectivity index (χ0) is 19.6. The number of likely N-dealkylation sites (N-methyl/N-ethyl adjacent to an activating group) is 1. The molecule has 0 atom stereocenters. The molecule has 0 aliphatic carbocycles. The molecule has 140 valence electrons. The molecule has 27 heavy (non-hydrogen) atoms. The number of rotatable bonds is 5. The Morgan fingerprint density at radius 3 is 2.30 bits per heavy atom. The number of nitrogens with zero attached hydrogens (tertiary/aromatic N) is 2. The van der Waals surface area contributed by atoms with E-state index in [0.717, 1.165) is 22.2 Å². The van der Waals surface area contributed by atoms with E-state index >= 15 is 0 Å². The van der Waals surface area contributed by atoms with Gasteiger partial charge in [0.15, 0.2) is 0 Å². The second-order valence-corrected chi connectivity index (χ2v) is 7.41. The Labute approximate surface area is 159 Å². The third-order valence-electron chi connectivity index (χ3n) is 4.57. The van der Waals surface area contributed by atoms with Gasteiger partial charge in [-0.3, -0.25) is 9.59 Å². The lowest BCUT2D eigenvalue weighted by Crippen LogP contribution is -2.54. The van der Waals surface area contributed by atoms with Gasteiger partial charge in [0.2, 0.25) is 11.8 Å². The summed E-state index contributed by atoms with van der Waals surface area (Å²) in [4.78, 5) is 26.6. The number of carbonyl (C=O) groups is 2. The predicted octanol–water partition coefficient (Wildman–Crippen LogP) is 3.29. The average molecular weight is 363 g/mol.